The lowest BCUT2D eigenvalue weighted by atomic mass is 10.4. The molecule has 1 aliphatic heterocycles. The first kappa shape index (κ1) is 33.9. The molecule has 4 aromatic carbocycles. The van der Waals surface area contributed by atoms with Gasteiger partial charge in [-0.3, -0.25) is 9.80 Å². The van der Waals surface area contributed by atoms with Crippen molar-refractivity contribution in [2.24, 2.45) is 0 Å². The van der Waals surface area contributed by atoms with Gasteiger partial charge in [0.25, 0.3) is 0 Å². The number of rotatable bonds is 6. The predicted octanol–water partition coefficient (Wildman–Crippen LogP) is 8.48. The molecular formula is C38H50N2P4. The molecule has 0 saturated carbocycles. The van der Waals surface area contributed by atoms with Crippen LogP contribution >= 0.6 is 31.7 Å². The third kappa shape index (κ3) is 9.76. The second kappa shape index (κ2) is 17.4. The number of hydrogen-bond donors (Lipinski definition) is 0. The average molecular weight is 659 g/mol. The van der Waals surface area contributed by atoms with Crippen molar-refractivity contribution in [3.63, 3.8) is 0 Å². The minimum absolute atomic E-state index is 0.288. The molecule has 1 saturated heterocycles. The van der Waals surface area contributed by atoms with Crippen LogP contribution in [0.4, 0.5) is 0 Å². The van der Waals surface area contributed by atoms with Gasteiger partial charge in [0.15, 0.2) is 0 Å². The van der Waals surface area contributed by atoms with E-state index in [4.69, 9.17) is 0 Å². The Morgan fingerprint density at radius 3 is 0.750 bits per heavy atom. The zero-order valence-electron chi connectivity index (χ0n) is 27.0. The number of nitrogens with zero attached hydrogens (tertiary/aromatic N) is 2. The highest BCUT2D eigenvalue weighted by Crippen LogP contribution is 2.48. The van der Waals surface area contributed by atoms with Crippen LogP contribution in [0, 0.1) is 0 Å². The Kier molecular flexibility index (Phi) is 13.4. The Morgan fingerprint density at radius 2 is 0.568 bits per heavy atom. The topological polar surface area (TPSA) is 6.48 Å². The summed E-state index contributed by atoms with van der Waals surface area (Å²) in [5.74, 6) is 0. The fraction of sp³-hybridized carbons (Fsp3) is 0.368. The van der Waals surface area contributed by atoms with Crippen LogP contribution in [0.5, 0.6) is 0 Å². The molecule has 5 rings (SSSR count). The van der Waals surface area contributed by atoms with E-state index in [1.807, 2.05) is 0 Å². The fourth-order valence-electron chi connectivity index (χ4n) is 5.78. The Hall–Kier alpha value is -1.48. The van der Waals surface area contributed by atoms with Gasteiger partial charge in [-0.25, -0.2) is 0 Å². The van der Waals surface area contributed by atoms with E-state index in [0.717, 1.165) is 0 Å². The van der Waals surface area contributed by atoms with Gasteiger partial charge in [-0.05, 0) is 73.6 Å². The molecule has 4 unspecified atom stereocenters. The molecule has 0 N–H and O–H groups in total. The molecule has 4 atom stereocenters. The van der Waals surface area contributed by atoms with E-state index in [1.165, 1.54) is 49.8 Å². The zero-order valence-corrected chi connectivity index (χ0v) is 30.6. The van der Waals surface area contributed by atoms with Crippen LogP contribution in [0.3, 0.4) is 0 Å². The van der Waals surface area contributed by atoms with Crippen molar-refractivity contribution in [1.29, 1.82) is 0 Å². The Morgan fingerprint density at radius 1 is 0.364 bits per heavy atom. The molecule has 0 bridgehead atoms. The summed E-state index contributed by atoms with van der Waals surface area (Å²) in [6.45, 7) is 9.70. The molecule has 0 amide bonds. The van der Waals surface area contributed by atoms with Crippen LogP contribution in [0.25, 0.3) is 0 Å². The quantitative estimate of drug-likeness (QED) is 0.192. The molecular weight excluding hydrogens is 608 g/mol. The van der Waals surface area contributed by atoms with Crippen LogP contribution in [0.1, 0.15) is 27.7 Å². The first-order chi connectivity index (χ1) is 21.5. The molecule has 2 nitrogen and oxygen atoms in total. The van der Waals surface area contributed by atoms with Gasteiger partial charge in [-0.1, -0.05) is 153 Å². The Bertz CT molecular complexity index is 1150. The van der Waals surface area contributed by atoms with E-state index in [-0.39, 0.29) is 31.7 Å². The number of benzene rings is 4. The number of hydrogen-bond acceptors (Lipinski definition) is 2. The summed E-state index contributed by atoms with van der Waals surface area (Å²) in [6.07, 6.45) is 9.98. The highest BCUT2D eigenvalue weighted by molar-refractivity contribution is 7.70. The maximum atomic E-state index is 2.86. The highest BCUT2D eigenvalue weighted by Gasteiger charge is 2.28. The smallest absolute Gasteiger partial charge is 0.0231 e. The SMILES string of the molecule is CC(C)N1CP(c2ccccc2)CCP(c2ccccc2)CN(C(C)C)CP(c2ccccc2)CCP(c2ccccc2)C1. The van der Waals surface area contributed by atoms with Gasteiger partial charge in [-0.15, -0.1) is 0 Å². The van der Waals surface area contributed by atoms with E-state index >= 15 is 0 Å². The molecule has 0 aromatic heterocycles. The maximum absolute atomic E-state index is 2.86. The van der Waals surface area contributed by atoms with E-state index in [9.17, 15) is 0 Å². The standard InChI is InChI=1S/C38H50N2P4/c1-33(2)39-29-41(35-17-9-5-10-18-35)25-27-43(37-21-13-7-14-22-37)31-40(34(3)4)32-44(38-23-15-8-16-24-38)28-26-42(30-39)36-19-11-6-12-20-36/h5-24,33-34H,25-32H2,1-4H3. The van der Waals surface area contributed by atoms with E-state index in [1.54, 1.807) is 21.2 Å². The predicted molar refractivity (Wildman–Crippen MR) is 205 cm³/mol. The van der Waals surface area contributed by atoms with Gasteiger partial charge in [0.1, 0.15) is 0 Å². The molecule has 6 heteroatoms. The summed E-state index contributed by atoms with van der Waals surface area (Å²) < 4.78 is 0. The van der Waals surface area contributed by atoms with Crippen LogP contribution in [-0.4, -0.2) is 71.7 Å². The minimum atomic E-state index is -0.288. The van der Waals surface area contributed by atoms with Gasteiger partial charge in [0, 0.05) is 37.2 Å². The lowest BCUT2D eigenvalue weighted by Gasteiger charge is -2.38. The summed E-state index contributed by atoms with van der Waals surface area (Å²) in [7, 11) is -1.15. The fourth-order valence-corrected chi connectivity index (χ4v) is 18.0. The summed E-state index contributed by atoms with van der Waals surface area (Å²) in [5, 5.41) is 6.28. The van der Waals surface area contributed by atoms with Crippen molar-refractivity contribution in [2.75, 3.05) is 49.8 Å². The van der Waals surface area contributed by atoms with Crippen LogP contribution in [0.15, 0.2) is 121 Å². The molecule has 44 heavy (non-hydrogen) atoms. The van der Waals surface area contributed by atoms with Crippen molar-refractivity contribution in [1.82, 2.24) is 9.80 Å². The van der Waals surface area contributed by atoms with Gasteiger partial charge in [-0.2, -0.15) is 0 Å². The third-order valence-corrected chi connectivity index (χ3v) is 19.3. The van der Waals surface area contributed by atoms with Gasteiger partial charge >= 0.3 is 0 Å². The summed E-state index contributed by atoms with van der Waals surface area (Å²) >= 11 is 0. The zero-order chi connectivity index (χ0) is 30.7. The summed E-state index contributed by atoms with van der Waals surface area (Å²) in [6, 6.07) is 47.1. The molecule has 1 heterocycles. The van der Waals surface area contributed by atoms with Crippen molar-refractivity contribution in [3.8, 4) is 0 Å². The Balaban J connectivity index is 1.54. The second-order valence-electron chi connectivity index (χ2n) is 12.3. The lowest BCUT2D eigenvalue weighted by molar-refractivity contribution is 0.303. The monoisotopic (exact) mass is 658 g/mol. The minimum Gasteiger partial charge on any atom is -0.292 e. The third-order valence-electron chi connectivity index (χ3n) is 8.64. The molecule has 0 spiro atoms. The molecule has 4 aromatic rings. The van der Waals surface area contributed by atoms with Crippen LogP contribution in [-0.2, 0) is 0 Å². The van der Waals surface area contributed by atoms with Crippen molar-refractivity contribution >= 4 is 52.9 Å². The molecule has 0 radical (unpaired) electrons. The van der Waals surface area contributed by atoms with Gasteiger partial charge in [0.2, 0.25) is 0 Å². The van der Waals surface area contributed by atoms with Crippen molar-refractivity contribution in [3.05, 3.63) is 121 Å². The normalized spacial score (nSPS) is 23.4. The van der Waals surface area contributed by atoms with Crippen LogP contribution in [0.2, 0.25) is 0 Å². The van der Waals surface area contributed by atoms with Gasteiger partial charge < -0.3 is 0 Å². The summed E-state index contributed by atoms with van der Waals surface area (Å²) in [5.41, 5.74) is 0. The van der Waals surface area contributed by atoms with Gasteiger partial charge in [0.05, 0.1) is 0 Å². The lowest BCUT2D eigenvalue weighted by Crippen LogP contribution is -2.37. The summed E-state index contributed by atoms with van der Waals surface area (Å²) in [4.78, 5) is 5.72. The van der Waals surface area contributed by atoms with Crippen LogP contribution < -0.4 is 21.2 Å². The first-order valence-electron chi connectivity index (χ1n) is 16.2. The van der Waals surface area contributed by atoms with Crippen molar-refractivity contribution in [2.45, 2.75) is 39.8 Å². The highest BCUT2D eigenvalue weighted by atomic mass is 31.1. The maximum Gasteiger partial charge on any atom is 0.0231 e. The Labute approximate surface area is 272 Å². The first-order valence-corrected chi connectivity index (χ1v) is 23.0. The average Bonchev–Trinajstić information content (AvgIpc) is 3.06. The van der Waals surface area contributed by atoms with E-state index < -0.39 is 0 Å². The molecule has 1 aliphatic rings. The van der Waals surface area contributed by atoms with E-state index in [0.29, 0.717) is 12.1 Å². The molecule has 232 valence electrons. The second-order valence-corrected chi connectivity index (χ2v) is 21.6. The molecule has 0 aliphatic carbocycles. The van der Waals surface area contributed by atoms with Crippen molar-refractivity contribution < 1.29 is 0 Å². The largest absolute Gasteiger partial charge is 0.292 e. The van der Waals surface area contributed by atoms with E-state index in [2.05, 4.69) is 159 Å². The molecule has 1 fully saturated rings.